The van der Waals surface area contributed by atoms with Crippen LogP contribution in [0.4, 0.5) is 0 Å². The second-order valence-electron chi connectivity index (χ2n) is 4.29. The van der Waals surface area contributed by atoms with E-state index < -0.39 is 0 Å². The predicted octanol–water partition coefficient (Wildman–Crippen LogP) is 2.32. The van der Waals surface area contributed by atoms with E-state index >= 15 is 0 Å². The Morgan fingerprint density at radius 2 is 2.38 bits per heavy atom. The van der Waals surface area contributed by atoms with Crippen LogP contribution < -0.4 is 5.69 Å². The van der Waals surface area contributed by atoms with Gasteiger partial charge in [-0.05, 0) is 30.7 Å². The van der Waals surface area contributed by atoms with Gasteiger partial charge in [-0.25, -0.2) is 4.79 Å². The molecule has 1 aliphatic heterocycles. The minimum absolute atomic E-state index is 0.0387. The number of hydrogen-bond donors (Lipinski definition) is 1. The lowest BCUT2D eigenvalue weighted by Gasteiger charge is -2.11. The van der Waals surface area contributed by atoms with Gasteiger partial charge < -0.3 is 4.98 Å². The van der Waals surface area contributed by atoms with Crippen molar-refractivity contribution in [1.82, 2.24) is 9.55 Å². The standard InChI is InChI=1S/C12H14N2OS/c1-8-3-2-4-10-11(8)14(12(15)13-10)9-5-6-16-7-9/h2-4,9H,5-7H2,1H3,(H,13,15). The Morgan fingerprint density at radius 3 is 3.12 bits per heavy atom. The molecule has 1 unspecified atom stereocenters. The molecule has 4 heteroatoms. The van der Waals surface area contributed by atoms with Gasteiger partial charge in [-0.2, -0.15) is 11.8 Å². The third-order valence-corrected chi connectivity index (χ3v) is 4.35. The molecular weight excluding hydrogens is 220 g/mol. The molecular formula is C12H14N2OS. The monoisotopic (exact) mass is 234 g/mol. The summed E-state index contributed by atoms with van der Waals surface area (Å²) in [6.07, 6.45) is 1.10. The zero-order valence-corrected chi connectivity index (χ0v) is 10.0. The highest BCUT2D eigenvalue weighted by atomic mass is 32.2. The molecule has 2 aromatic rings. The minimum Gasteiger partial charge on any atom is -0.306 e. The van der Waals surface area contributed by atoms with Crippen LogP contribution in [0.5, 0.6) is 0 Å². The number of nitrogens with zero attached hydrogens (tertiary/aromatic N) is 1. The summed E-state index contributed by atoms with van der Waals surface area (Å²) < 4.78 is 1.95. The topological polar surface area (TPSA) is 37.8 Å². The van der Waals surface area contributed by atoms with E-state index in [1.165, 1.54) is 5.56 Å². The number of hydrogen-bond acceptors (Lipinski definition) is 2. The molecule has 0 bridgehead atoms. The van der Waals surface area contributed by atoms with Gasteiger partial charge in [-0.3, -0.25) is 4.57 Å². The van der Waals surface area contributed by atoms with E-state index in [1.807, 2.05) is 28.5 Å². The van der Waals surface area contributed by atoms with Crippen molar-refractivity contribution in [3.63, 3.8) is 0 Å². The van der Waals surface area contributed by atoms with E-state index in [4.69, 9.17) is 0 Å². The fraction of sp³-hybridized carbons (Fsp3) is 0.417. The maximum absolute atomic E-state index is 12.0. The number of H-pyrrole nitrogens is 1. The van der Waals surface area contributed by atoms with Crippen molar-refractivity contribution in [2.24, 2.45) is 0 Å². The van der Waals surface area contributed by atoms with Gasteiger partial charge in [0.2, 0.25) is 0 Å². The highest BCUT2D eigenvalue weighted by molar-refractivity contribution is 7.99. The molecule has 1 fully saturated rings. The smallest absolute Gasteiger partial charge is 0.306 e. The van der Waals surface area contributed by atoms with Crippen LogP contribution in [0, 0.1) is 6.92 Å². The molecule has 1 aromatic carbocycles. The summed E-state index contributed by atoms with van der Waals surface area (Å²) in [5.74, 6) is 2.22. The molecule has 0 aliphatic carbocycles. The Hall–Kier alpha value is -1.16. The van der Waals surface area contributed by atoms with Gasteiger partial charge in [0.15, 0.2) is 0 Å². The summed E-state index contributed by atoms with van der Waals surface area (Å²) in [5, 5.41) is 0. The van der Waals surface area contributed by atoms with Crippen LogP contribution in [0.25, 0.3) is 11.0 Å². The van der Waals surface area contributed by atoms with Gasteiger partial charge in [0.05, 0.1) is 11.0 Å². The first-order chi connectivity index (χ1) is 7.77. The normalized spacial score (nSPS) is 20.7. The van der Waals surface area contributed by atoms with Crippen LogP contribution in [0.15, 0.2) is 23.0 Å². The molecule has 0 amide bonds. The van der Waals surface area contributed by atoms with Crippen molar-refractivity contribution in [3.05, 3.63) is 34.2 Å². The third kappa shape index (κ3) is 1.40. The van der Waals surface area contributed by atoms with Crippen molar-refractivity contribution in [2.75, 3.05) is 11.5 Å². The van der Waals surface area contributed by atoms with Crippen LogP contribution in [0.1, 0.15) is 18.0 Å². The zero-order valence-electron chi connectivity index (χ0n) is 9.19. The number of aromatic amines is 1. The summed E-state index contributed by atoms with van der Waals surface area (Å²) in [4.78, 5) is 14.9. The maximum Gasteiger partial charge on any atom is 0.326 e. The van der Waals surface area contributed by atoms with Crippen molar-refractivity contribution in [1.29, 1.82) is 0 Å². The number of aryl methyl sites for hydroxylation is 1. The van der Waals surface area contributed by atoms with Crippen LogP contribution in [0.2, 0.25) is 0 Å². The van der Waals surface area contributed by atoms with Gasteiger partial charge >= 0.3 is 5.69 Å². The number of nitrogens with one attached hydrogen (secondary N) is 1. The number of rotatable bonds is 1. The second kappa shape index (κ2) is 3.70. The lowest BCUT2D eigenvalue weighted by Crippen LogP contribution is -2.22. The van der Waals surface area contributed by atoms with Gasteiger partial charge in [0.1, 0.15) is 0 Å². The van der Waals surface area contributed by atoms with Crippen molar-refractivity contribution < 1.29 is 0 Å². The molecule has 1 saturated heterocycles. The van der Waals surface area contributed by atoms with E-state index in [1.54, 1.807) is 0 Å². The van der Waals surface area contributed by atoms with E-state index in [-0.39, 0.29) is 5.69 Å². The fourth-order valence-corrected chi connectivity index (χ4v) is 3.62. The number of aromatic nitrogens is 2. The molecule has 2 heterocycles. The average molecular weight is 234 g/mol. The maximum atomic E-state index is 12.0. The molecule has 0 radical (unpaired) electrons. The Kier molecular flexibility index (Phi) is 2.32. The quantitative estimate of drug-likeness (QED) is 0.822. The lowest BCUT2D eigenvalue weighted by atomic mass is 10.2. The molecule has 16 heavy (non-hydrogen) atoms. The Bertz CT molecular complexity index is 578. The Morgan fingerprint density at radius 1 is 1.50 bits per heavy atom. The van der Waals surface area contributed by atoms with E-state index in [9.17, 15) is 4.79 Å². The van der Waals surface area contributed by atoms with E-state index in [0.717, 1.165) is 29.0 Å². The molecule has 1 N–H and O–H groups in total. The summed E-state index contributed by atoms with van der Waals surface area (Å²) >= 11 is 1.93. The predicted molar refractivity (Wildman–Crippen MR) is 68.3 cm³/mol. The highest BCUT2D eigenvalue weighted by Gasteiger charge is 2.21. The van der Waals surface area contributed by atoms with Crippen LogP contribution in [-0.4, -0.2) is 21.1 Å². The van der Waals surface area contributed by atoms with Crippen LogP contribution in [-0.2, 0) is 0 Å². The number of fused-ring (bicyclic) bond motifs is 1. The Labute approximate surface area is 97.9 Å². The lowest BCUT2D eigenvalue weighted by molar-refractivity contribution is 0.558. The second-order valence-corrected chi connectivity index (χ2v) is 5.44. The van der Waals surface area contributed by atoms with E-state index in [2.05, 4.69) is 18.0 Å². The number of thioether (sulfide) groups is 1. The first-order valence-corrected chi connectivity index (χ1v) is 6.70. The van der Waals surface area contributed by atoms with Crippen molar-refractivity contribution >= 4 is 22.8 Å². The number of para-hydroxylation sites is 1. The molecule has 3 nitrogen and oxygen atoms in total. The van der Waals surface area contributed by atoms with Crippen molar-refractivity contribution in [3.8, 4) is 0 Å². The summed E-state index contributed by atoms with van der Waals surface area (Å²) in [6.45, 7) is 2.06. The number of imidazole rings is 1. The molecule has 1 aromatic heterocycles. The molecule has 1 atom stereocenters. The third-order valence-electron chi connectivity index (χ3n) is 3.21. The van der Waals surface area contributed by atoms with Crippen LogP contribution in [0.3, 0.4) is 0 Å². The molecule has 3 rings (SSSR count). The largest absolute Gasteiger partial charge is 0.326 e. The van der Waals surface area contributed by atoms with Crippen molar-refractivity contribution in [2.45, 2.75) is 19.4 Å². The highest BCUT2D eigenvalue weighted by Crippen LogP contribution is 2.29. The zero-order chi connectivity index (χ0) is 11.1. The first kappa shape index (κ1) is 10.0. The summed E-state index contributed by atoms with van der Waals surface area (Å²) in [5.41, 5.74) is 3.26. The fourth-order valence-electron chi connectivity index (χ4n) is 2.43. The molecule has 0 saturated carbocycles. The molecule has 84 valence electrons. The first-order valence-electron chi connectivity index (χ1n) is 5.55. The summed E-state index contributed by atoms with van der Waals surface area (Å²) in [6, 6.07) is 6.39. The minimum atomic E-state index is 0.0387. The van der Waals surface area contributed by atoms with Crippen LogP contribution >= 0.6 is 11.8 Å². The molecule has 0 spiro atoms. The van der Waals surface area contributed by atoms with Gasteiger partial charge in [-0.15, -0.1) is 0 Å². The van der Waals surface area contributed by atoms with Gasteiger partial charge in [0, 0.05) is 11.8 Å². The summed E-state index contributed by atoms with van der Waals surface area (Å²) in [7, 11) is 0. The molecule has 1 aliphatic rings. The Balaban J connectivity index is 2.29. The van der Waals surface area contributed by atoms with Gasteiger partial charge in [-0.1, -0.05) is 12.1 Å². The van der Waals surface area contributed by atoms with E-state index in [0.29, 0.717) is 6.04 Å². The SMILES string of the molecule is Cc1cccc2[nH]c(=O)n(C3CCSC3)c12. The number of benzene rings is 1. The van der Waals surface area contributed by atoms with Gasteiger partial charge in [0.25, 0.3) is 0 Å². The average Bonchev–Trinajstić information content (AvgIpc) is 2.84.